The topological polar surface area (TPSA) is 70.7 Å². The van der Waals surface area contributed by atoms with Gasteiger partial charge in [0.15, 0.2) is 5.75 Å². The Balaban J connectivity index is 1.58. The zero-order valence-electron chi connectivity index (χ0n) is 15.6. The number of carbonyl (C=O) groups excluding carboxylic acids is 2. The molecule has 3 aromatic carbocycles. The number of anilines is 3. The van der Waals surface area contributed by atoms with E-state index in [0.717, 1.165) is 0 Å². The van der Waals surface area contributed by atoms with Gasteiger partial charge in [-0.05, 0) is 61.5 Å². The Morgan fingerprint density at radius 2 is 1.66 bits per heavy atom. The summed E-state index contributed by atoms with van der Waals surface area (Å²) in [5.74, 6) is 0.874. The molecule has 7 heteroatoms. The van der Waals surface area contributed by atoms with E-state index >= 15 is 0 Å². The quantitative estimate of drug-likeness (QED) is 0.580. The number of nitrogens with zero attached hydrogens (tertiary/aromatic N) is 1. The number of ether oxygens (including phenoxy) is 1. The Morgan fingerprint density at radius 1 is 0.966 bits per heavy atom. The van der Waals surface area contributed by atoms with E-state index in [0.29, 0.717) is 45.7 Å². The highest BCUT2D eigenvalue weighted by molar-refractivity contribution is 6.30. The van der Waals surface area contributed by atoms with Crippen LogP contribution < -0.4 is 20.3 Å². The van der Waals surface area contributed by atoms with Crippen LogP contribution in [0.15, 0.2) is 66.7 Å². The van der Waals surface area contributed by atoms with Gasteiger partial charge in [-0.3, -0.25) is 4.79 Å². The Morgan fingerprint density at radius 3 is 2.41 bits per heavy atom. The zero-order chi connectivity index (χ0) is 20.4. The summed E-state index contributed by atoms with van der Waals surface area (Å²) in [6, 6.07) is 18.7. The van der Waals surface area contributed by atoms with Crippen molar-refractivity contribution in [2.24, 2.45) is 0 Å². The van der Waals surface area contributed by atoms with E-state index in [1.54, 1.807) is 47.4 Å². The molecule has 6 nitrogen and oxygen atoms in total. The summed E-state index contributed by atoms with van der Waals surface area (Å²) in [5, 5.41) is 6.05. The molecule has 0 spiro atoms. The maximum atomic E-state index is 13.1. The minimum absolute atomic E-state index is 0.186. The monoisotopic (exact) mass is 407 g/mol. The van der Waals surface area contributed by atoms with Gasteiger partial charge in [-0.25, -0.2) is 4.79 Å². The molecular weight excluding hydrogens is 390 g/mol. The van der Waals surface area contributed by atoms with Gasteiger partial charge < -0.3 is 20.3 Å². The van der Waals surface area contributed by atoms with Crippen LogP contribution in [0.2, 0.25) is 5.02 Å². The lowest BCUT2D eigenvalue weighted by Gasteiger charge is -2.19. The predicted molar refractivity (Wildman–Crippen MR) is 114 cm³/mol. The van der Waals surface area contributed by atoms with Crippen LogP contribution in [-0.4, -0.2) is 18.5 Å². The number of rotatable bonds is 3. The smallest absolute Gasteiger partial charge is 0.323 e. The molecule has 0 aromatic heterocycles. The largest absolute Gasteiger partial charge is 0.454 e. The number of nitrogens with one attached hydrogen (secondary N) is 2. The molecule has 0 radical (unpaired) electrons. The number of amides is 3. The fraction of sp³-hybridized carbons (Fsp3) is 0.0909. The van der Waals surface area contributed by atoms with Crippen LogP contribution in [0, 0.1) is 0 Å². The zero-order valence-corrected chi connectivity index (χ0v) is 16.4. The van der Waals surface area contributed by atoms with Gasteiger partial charge in [-0.15, -0.1) is 0 Å². The van der Waals surface area contributed by atoms with Gasteiger partial charge in [0.1, 0.15) is 5.75 Å². The van der Waals surface area contributed by atoms with Gasteiger partial charge in [0.05, 0.1) is 11.3 Å². The third-order valence-corrected chi connectivity index (χ3v) is 4.76. The van der Waals surface area contributed by atoms with Crippen molar-refractivity contribution in [1.29, 1.82) is 0 Å². The fourth-order valence-corrected chi connectivity index (χ4v) is 3.27. The molecule has 1 heterocycles. The highest BCUT2D eigenvalue weighted by atomic mass is 35.5. The summed E-state index contributed by atoms with van der Waals surface area (Å²) in [5.41, 5.74) is 2.18. The molecule has 0 atom stereocenters. The maximum absolute atomic E-state index is 13.1. The van der Waals surface area contributed by atoms with E-state index in [9.17, 15) is 9.59 Å². The molecule has 3 amide bonds. The standard InChI is InChI=1S/C22H18ClN3O3/c1-2-26-18-5-3-4-6-20(18)29-19-12-11-16(13-17(19)21(26)27)25-22(28)24-15-9-7-14(23)8-10-15/h3-13H,2H2,1H3,(H2,24,25,28). The van der Waals surface area contributed by atoms with E-state index in [2.05, 4.69) is 10.6 Å². The van der Waals surface area contributed by atoms with Crippen LogP contribution in [0.4, 0.5) is 21.9 Å². The number of para-hydroxylation sites is 2. The minimum atomic E-state index is -0.426. The van der Waals surface area contributed by atoms with Gasteiger partial charge in [0.25, 0.3) is 5.91 Å². The van der Waals surface area contributed by atoms with Gasteiger partial charge in [-0.1, -0.05) is 23.7 Å². The Hall–Kier alpha value is -3.51. The first kappa shape index (κ1) is 18.8. The van der Waals surface area contributed by atoms with Crippen molar-refractivity contribution in [3.63, 3.8) is 0 Å². The SMILES string of the molecule is CCN1C(=O)c2cc(NC(=O)Nc3ccc(Cl)cc3)ccc2Oc2ccccc21. The van der Waals surface area contributed by atoms with Crippen LogP contribution in [0.5, 0.6) is 11.5 Å². The van der Waals surface area contributed by atoms with Crippen molar-refractivity contribution in [2.45, 2.75) is 6.92 Å². The van der Waals surface area contributed by atoms with Crippen molar-refractivity contribution in [3.8, 4) is 11.5 Å². The first-order valence-corrected chi connectivity index (χ1v) is 9.49. The molecule has 1 aliphatic rings. The molecule has 4 rings (SSSR count). The van der Waals surface area contributed by atoms with Gasteiger partial charge in [0.2, 0.25) is 0 Å². The first-order chi connectivity index (χ1) is 14.0. The third-order valence-electron chi connectivity index (χ3n) is 4.51. The van der Waals surface area contributed by atoms with Crippen molar-refractivity contribution in [3.05, 3.63) is 77.3 Å². The number of hydrogen-bond donors (Lipinski definition) is 2. The molecule has 3 aromatic rings. The Labute approximate surface area is 173 Å². The first-order valence-electron chi connectivity index (χ1n) is 9.11. The summed E-state index contributed by atoms with van der Waals surface area (Å²) in [7, 11) is 0. The lowest BCUT2D eigenvalue weighted by atomic mass is 10.1. The highest BCUT2D eigenvalue weighted by Gasteiger charge is 2.27. The summed E-state index contributed by atoms with van der Waals surface area (Å²) in [6.07, 6.45) is 0. The fourth-order valence-electron chi connectivity index (χ4n) is 3.14. The molecule has 29 heavy (non-hydrogen) atoms. The second-order valence-corrected chi connectivity index (χ2v) is 6.85. The average Bonchev–Trinajstić information content (AvgIpc) is 2.83. The molecular formula is C22H18ClN3O3. The summed E-state index contributed by atoms with van der Waals surface area (Å²) in [4.78, 5) is 27.0. The second-order valence-electron chi connectivity index (χ2n) is 6.42. The van der Waals surface area contributed by atoms with E-state index in [1.165, 1.54) is 0 Å². The van der Waals surface area contributed by atoms with Crippen LogP contribution in [0.3, 0.4) is 0 Å². The van der Waals surface area contributed by atoms with E-state index in [4.69, 9.17) is 16.3 Å². The molecule has 1 aliphatic heterocycles. The normalized spacial score (nSPS) is 12.3. The Bertz CT molecular complexity index is 1080. The number of hydrogen-bond acceptors (Lipinski definition) is 3. The number of fused-ring (bicyclic) bond motifs is 2. The lowest BCUT2D eigenvalue weighted by Crippen LogP contribution is -2.29. The molecule has 146 valence electrons. The summed E-state index contributed by atoms with van der Waals surface area (Å²) >= 11 is 5.85. The average molecular weight is 408 g/mol. The minimum Gasteiger partial charge on any atom is -0.454 e. The molecule has 0 saturated heterocycles. The van der Waals surface area contributed by atoms with Crippen molar-refractivity contribution in [2.75, 3.05) is 22.1 Å². The number of carbonyl (C=O) groups is 2. The second kappa shape index (κ2) is 7.85. The number of halogens is 1. The van der Waals surface area contributed by atoms with Gasteiger partial charge in [-0.2, -0.15) is 0 Å². The molecule has 2 N–H and O–H groups in total. The predicted octanol–water partition coefficient (Wildman–Crippen LogP) is 5.76. The van der Waals surface area contributed by atoms with Gasteiger partial charge >= 0.3 is 6.03 Å². The third kappa shape index (κ3) is 3.88. The highest BCUT2D eigenvalue weighted by Crippen LogP contribution is 2.39. The lowest BCUT2D eigenvalue weighted by molar-refractivity contribution is 0.0988. The van der Waals surface area contributed by atoms with Gasteiger partial charge in [0, 0.05) is 22.9 Å². The number of benzene rings is 3. The molecule has 0 saturated carbocycles. The van der Waals surface area contributed by atoms with Crippen molar-refractivity contribution < 1.29 is 14.3 Å². The van der Waals surface area contributed by atoms with Crippen molar-refractivity contribution >= 4 is 40.6 Å². The van der Waals surface area contributed by atoms with Crippen LogP contribution in [0.1, 0.15) is 17.3 Å². The Kier molecular flexibility index (Phi) is 5.10. The van der Waals surface area contributed by atoms with Crippen LogP contribution >= 0.6 is 11.6 Å². The van der Waals surface area contributed by atoms with E-state index < -0.39 is 6.03 Å². The molecule has 0 bridgehead atoms. The summed E-state index contributed by atoms with van der Waals surface area (Å²) < 4.78 is 5.97. The van der Waals surface area contributed by atoms with Crippen LogP contribution in [0.25, 0.3) is 0 Å². The molecule has 0 fully saturated rings. The van der Waals surface area contributed by atoms with Crippen molar-refractivity contribution in [1.82, 2.24) is 0 Å². The van der Waals surface area contributed by atoms with Crippen LogP contribution in [-0.2, 0) is 0 Å². The van der Waals surface area contributed by atoms with E-state index in [1.807, 2.05) is 31.2 Å². The molecule has 0 aliphatic carbocycles. The maximum Gasteiger partial charge on any atom is 0.323 e. The summed E-state index contributed by atoms with van der Waals surface area (Å²) in [6.45, 7) is 2.40. The molecule has 0 unspecified atom stereocenters. The number of urea groups is 1. The van der Waals surface area contributed by atoms with E-state index in [-0.39, 0.29) is 5.91 Å².